The van der Waals surface area contributed by atoms with E-state index >= 15 is 0 Å². The van der Waals surface area contributed by atoms with Gasteiger partial charge < -0.3 is 9.47 Å². The highest BCUT2D eigenvalue weighted by Crippen LogP contribution is 2.28. The normalized spacial score (nSPS) is 16.5. The third kappa shape index (κ3) is 8.62. The summed E-state index contributed by atoms with van der Waals surface area (Å²) in [6.07, 6.45) is 5.87. The summed E-state index contributed by atoms with van der Waals surface area (Å²) < 4.78 is 10.6. The lowest BCUT2D eigenvalue weighted by atomic mass is 9.84. The van der Waals surface area contributed by atoms with Gasteiger partial charge in [-0.05, 0) is 118 Å². The number of hydrogen-bond acceptors (Lipinski definition) is 6. The number of carbonyl (C=O) groups excluding carboxylic acids is 2. The van der Waals surface area contributed by atoms with Crippen molar-refractivity contribution >= 4 is 11.8 Å². The van der Waals surface area contributed by atoms with E-state index in [2.05, 4.69) is 64.4 Å². The standard InChI is InChI=1S/C39H50N2O4/c1-5-45-38(43)39(2,3)35-13-6-30(7-14-35)27-40-22-18-29(19-23-40)10-17-37(42)34-12-11-32-20-24-41(25-21-33(32)26-34)28-31-8-15-36(44-4)16-9-31/h6-9,11-16,26,29H,5,10,17-25,27-28H2,1-4H3. The summed E-state index contributed by atoms with van der Waals surface area (Å²) in [6.45, 7) is 12.1. The lowest BCUT2D eigenvalue weighted by Crippen LogP contribution is -2.33. The number of piperidine rings is 1. The predicted molar refractivity (Wildman–Crippen MR) is 180 cm³/mol. The largest absolute Gasteiger partial charge is 0.497 e. The fourth-order valence-corrected chi connectivity index (χ4v) is 6.72. The van der Waals surface area contributed by atoms with E-state index in [0.717, 1.165) is 88.2 Å². The zero-order valence-electron chi connectivity index (χ0n) is 27.6. The van der Waals surface area contributed by atoms with E-state index in [1.807, 2.05) is 32.9 Å². The second-order valence-electron chi connectivity index (χ2n) is 13.3. The Morgan fingerprint density at radius 2 is 1.40 bits per heavy atom. The molecule has 3 aromatic rings. The number of benzene rings is 3. The maximum absolute atomic E-state index is 13.2. The smallest absolute Gasteiger partial charge is 0.315 e. The van der Waals surface area contributed by atoms with Gasteiger partial charge in [0.25, 0.3) is 0 Å². The number of fused-ring (bicyclic) bond motifs is 1. The molecule has 0 spiro atoms. The molecular weight excluding hydrogens is 560 g/mol. The molecule has 1 saturated heterocycles. The third-order valence-electron chi connectivity index (χ3n) is 9.84. The SMILES string of the molecule is CCOC(=O)C(C)(C)c1ccc(CN2CCC(CCC(=O)c3ccc4c(c3)CCN(Cc3ccc(OC)cc3)CC4)CC2)cc1. The zero-order chi connectivity index (χ0) is 31.8. The van der Waals surface area contributed by atoms with Crippen LogP contribution in [0.15, 0.2) is 66.7 Å². The molecule has 0 aliphatic carbocycles. The van der Waals surface area contributed by atoms with Gasteiger partial charge in [-0.15, -0.1) is 0 Å². The number of rotatable bonds is 12. The monoisotopic (exact) mass is 610 g/mol. The molecule has 5 rings (SSSR count). The first kappa shape index (κ1) is 32.9. The highest BCUT2D eigenvalue weighted by molar-refractivity contribution is 5.96. The van der Waals surface area contributed by atoms with E-state index in [0.29, 0.717) is 18.9 Å². The van der Waals surface area contributed by atoms with Gasteiger partial charge in [-0.1, -0.05) is 48.5 Å². The average Bonchev–Trinajstić information content (AvgIpc) is 3.26. The van der Waals surface area contributed by atoms with Crippen LogP contribution >= 0.6 is 0 Å². The molecular formula is C39H50N2O4. The van der Waals surface area contributed by atoms with Crippen LogP contribution in [-0.4, -0.2) is 61.4 Å². The van der Waals surface area contributed by atoms with E-state index < -0.39 is 5.41 Å². The first-order valence-corrected chi connectivity index (χ1v) is 16.7. The molecule has 0 atom stereocenters. The first-order valence-electron chi connectivity index (χ1n) is 16.7. The number of likely N-dealkylation sites (tertiary alicyclic amines) is 1. The van der Waals surface area contributed by atoms with E-state index in [1.165, 1.54) is 22.3 Å². The Morgan fingerprint density at radius 3 is 2.02 bits per heavy atom. The van der Waals surface area contributed by atoms with Gasteiger partial charge in [0.15, 0.2) is 5.78 Å². The Bertz CT molecular complexity index is 1420. The Balaban J connectivity index is 1.05. The lowest BCUT2D eigenvalue weighted by Gasteiger charge is -2.32. The number of ether oxygens (including phenoxy) is 2. The Kier molecular flexibility index (Phi) is 11.1. The van der Waals surface area contributed by atoms with E-state index in [9.17, 15) is 9.59 Å². The molecule has 45 heavy (non-hydrogen) atoms. The summed E-state index contributed by atoms with van der Waals surface area (Å²) in [7, 11) is 1.70. The fourth-order valence-electron chi connectivity index (χ4n) is 6.72. The second-order valence-corrected chi connectivity index (χ2v) is 13.3. The van der Waals surface area contributed by atoms with Crippen molar-refractivity contribution in [3.63, 3.8) is 0 Å². The van der Waals surface area contributed by atoms with E-state index in [4.69, 9.17) is 9.47 Å². The van der Waals surface area contributed by atoms with Crippen molar-refractivity contribution in [3.8, 4) is 5.75 Å². The molecule has 2 aliphatic rings. The Labute approximate surface area is 269 Å². The molecule has 0 amide bonds. The van der Waals surface area contributed by atoms with Gasteiger partial charge in [0.05, 0.1) is 19.1 Å². The fraction of sp³-hybridized carbons (Fsp3) is 0.487. The summed E-state index contributed by atoms with van der Waals surface area (Å²) in [4.78, 5) is 30.6. The van der Waals surface area contributed by atoms with Crippen molar-refractivity contribution in [2.24, 2.45) is 5.92 Å². The van der Waals surface area contributed by atoms with Crippen molar-refractivity contribution in [2.75, 3.05) is 39.9 Å². The Morgan fingerprint density at radius 1 is 0.800 bits per heavy atom. The summed E-state index contributed by atoms with van der Waals surface area (Å²) in [6, 6.07) is 23.2. The molecule has 3 aromatic carbocycles. The van der Waals surface area contributed by atoms with Crippen molar-refractivity contribution in [1.82, 2.24) is 9.80 Å². The minimum atomic E-state index is -0.651. The maximum Gasteiger partial charge on any atom is 0.315 e. The van der Waals surface area contributed by atoms with Crippen LogP contribution < -0.4 is 4.74 Å². The maximum atomic E-state index is 13.2. The topological polar surface area (TPSA) is 59.1 Å². The molecule has 0 unspecified atom stereocenters. The van der Waals surface area contributed by atoms with Crippen LogP contribution in [0.3, 0.4) is 0 Å². The molecule has 1 fully saturated rings. The number of hydrogen-bond donors (Lipinski definition) is 0. The van der Waals surface area contributed by atoms with Gasteiger partial charge in [-0.2, -0.15) is 0 Å². The van der Waals surface area contributed by atoms with Crippen LogP contribution in [0.2, 0.25) is 0 Å². The van der Waals surface area contributed by atoms with E-state index in [-0.39, 0.29) is 11.8 Å². The van der Waals surface area contributed by atoms with E-state index in [1.54, 1.807) is 7.11 Å². The summed E-state index contributed by atoms with van der Waals surface area (Å²) in [5.74, 6) is 1.59. The highest BCUT2D eigenvalue weighted by atomic mass is 16.5. The van der Waals surface area contributed by atoms with Crippen LogP contribution in [0.4, 0.5) is 0 Å². The molecule has 0 bridgehead atoms. The summed E-state index contributed by atoms with van der Waals surface area (Å²) in [5.41, 5.74) is 6.49. The van der Waals surface area contributed by atoms with Gasteiger partial charge in [0, 0.05) is 38.2 Å². The molecule has 240 valence electrons. The minimum absolute atomic E-state index is 0.187. The van der Waals surface area contributed by atoms with Gasteiger partial charge in [-0.25, -0.2) is 0 Å². The number of ketones is 1. The lowest BCUT2D eigenvalue weighted by molar-refractivity contribution is -0.148. The van der Waals surface area contributed by atoms with Crippen molar-refractivity contribution < 1.29 is 19.1 Å². The number of methoxy groups -OCH3 is 1. The van der Waals surface area contributed by atoms with Crippen molar-refractivity contribution in [1.29, 1.82) is 0 Å². The molecule has 2 heterocycles. The molecule has 0 aromatic heterocycles. The van der Waals surface area contributed by atoms with Crippen molar-refractivity contribution in [2.45, 2.75) is 77.8 Å². The number of Topliss-reactive ketones (excluding diaryl/α,β-unsaturated/α-hetero) is 1. The predicted octanol–water partition coefficient (Wildman–Crippen LogP) is 7.01. The average molecular weight is 611 g/mol. The van der Waals surface area contributed by atoms with Crippen molar-refractivity contribution in [3.05, 3.63) is 100 Å². The molecule has 0 radical (unpaired) electrons. The molecule has 0 N–H and O–H groups in total. The van der Waals surface area contributed by atoms with Crippen LogP contribution in [0, 0.1) is 5.92 Å². The quantitative estimate of drug-likeness (QED) is 0.162. The van der Waals surface area contributed by atoms with Crippen LogP contribution in [0.1, 0.15) is 84.6 Å². The van der Waals surface area contributed by atoms with Crippen LogP contribution in [0.25, 0.3) is 0 Å². The van der Waals surface area contributed by atoms with Gasteiger partial charge in [0.1, 0.15) is 5.75 Å². The molecule has 2 aliphatic heterocycles. The molecule has 0 saturated carbocycles. The molecule has 6 nitrogen and oxygen atoms in total. The van der Waals surface area contributed by atoms with Crippen LogP contribution in [-0.2, 0) is 40.9 Å². The van der Waals surface area contributed by atoms with Gasteiger partial charge in [0.2, 0.25) is 0 Å². The number of carbonyl (C=O) groups is 2. The Hall–Kier alpha value is -3.48. The van der Waals surface area contributed by atoms with Gasteiger partial charge >= 0.3 is 5.97 Å². The summed E-state index contributed by atoms with van der Waals surface area (Å²) >= 11 is 0. The zero-order valence-corrected chi connectivity index (χ0v) is 27.6. The number of nitrogens with zero attached hydrogens (tertiary/aromatic N) is 2. The molecule has 6 heteroatoms. The second kappa shape index (κ2) is 15.2. The highest BCUT2D eigenvalue weighted by Gasteiger charge is 2.31. The third-order valence-corrected chi connectivity index (χ3v) is 9.84. The van der Waals surface area contributed by atoms with Crippen LogP contribution in [0.5, 0.6) is 5.75 Å². The first-order chi connectivity index (χ1) is 21.7. The minimum Gasteiger partial charge on any atom is -0.497 e. The number of esters is 1. The van der Waals surface area contributed by atoms with Gasteiger partial charge in [-0.3, -0.25) is 19.4 Å². The summed E-state index contributed by atoms with van der Waals surface area (Å²) in [5, 5.41) is 0.